The van der Waals surface area contributed by atoms with Crippen LogP contribution in [0, 0.1) is 46.5 Å². The van der Waals surface area contributed by atoms with Gasteiger partial charge in [0.05, 0.1) is 12.7 Å². The molecule has 4 rings (SSSR count). The molecule has 0 bridgehead atoms. The van der Waals surface area contributed by atoms with Crippen LogP contribution >= 0.6 is 0 Å². The van der Waals surface area contributed by atoms with E-state index in [0.29, 0.717) is 0 Å². The molecule has 12 heteroatoms. The van der Waals surface area contributed by atoms with E-state index in [1.54, 1.807) is 0 Å². The van der Waals surface area contributed by atoms with Crippen molar-refractivity contribution in [3.63, 3.8) is 0 Å². The van der Waals surface area contributed by atoms with E-state index in [0.717, 1.165) is 12.7 Å². The number of fused-ring (bicyclic) bond motifs is 2. The third-order valence-corrected chi connectivity index (χ3v) is 3.29. The first-order valence-corrected chi connectivity index (χ1v) is 6.55. The van der Waals surface area contributed by atoms with Gasteiger partial charge in [0, 0.05) is 0 Å². The van der Waals surface area contributed by atoms with E-state index < -0.39 is 68.6 Å². The molecule has 4 nitrogen and oxygen atoms in total. The summed E-state index contributed by atoms with van der Waals surface area (Å²) in [5.41, 5.74) is -2.04. The Bertz CT molecular complexity index is 960. The van der Waals surface area contributed by atoms with Crippen molar-refractivity contribution in [2.45, 2.75) is 0 Å². The Morgan fingerprint density at radius 2 is 0.769 bits per heavy atom. The van der Waals surface area contributed by atoms with Crippen LogP contribution in [0.25, 0.3) is 22.1 Å². The van der Waals surface area contributed by atoms with Crippen molar-refractivity contribution < 1.29 is 35.1 Å². The van der Waals surface area contributed by atoms with E-state index >= 15 is 0 Å². The number of nitrogens with zero attached hydrogens (tertiary/aromatic N) is 2. The zero-order chi connectivity index (χ0) is 19.2. The standard InChI is InChI=1S/2C7H2F4N2/c2*8-2-3(9)5(11)7-6(4(2)10)12-1-13-7/h2*1H,(H,12,13). The maximum absolute atomic E-state index is 12.8. The van der Waals surface area contributed by atoms with Crippen molar-refractivity contribution in [3.05, 3.63) is 59.2 Å². The van der Waals surface area contributed by atoms with Crippen molar-refractivity contribution in [3.8, 4) is 0 Å². The summed E-state index contributed by atoms with van der Waals surface area (Å²) in [4.78, 5) is 10.9. The van der Waals surface area contributed by atoms with Gasteiger partial charge in [0.15, 0.2) is 46.5 Å². The number of aromatic amines is 2. The molecule has 0 aliphatic rings. The van der Waals surface area contributed by atoms with Gasteiger partial charge in [-0.1, -0.05) is 0 Å². The third-order valence-electron chi connectivity index (χ3n) is 3.29. The number of nitrogens with one attached hydrogen (secondary N) is 2. The lowest BCUT2D eigenvalue weighted by Gasteiger charge is -1.97. The smallest absolute Gasteiger partial charge is 0.199 e. The van der Waals surface area contributed by atoms with Gasteiger partial charge in [-0.05, 0) is 0 Å². The topological polar surface area (TPSA) is 57.4 Å². The molecule has 0 spiro atoms. The number of hydrogen-bond donors (Lipinski definition) is 2. The molecule has 0 saturated carbocycles. The van der Waals surface area contributed by atoms with E-state index in [1.807, 2.05) is 0 Å². The van der Waals surface area contributed by atoms with E-state index in [-0.39, 0.29) is 0 Å². The van der Waals surface area contributed by atoms with Crippen LogP contribution in [0.4, 0.5) is 35.1 Å². The molecule has 4 aromatic rings. The zero-order valence-electron chi connectivity index (χ0n) is 12.1. The molecule has 2 aromatic carbocycles. The van der Waals surface area contributed by atoms with Gasteiger partial charge in [-0.25, -0.2) is 45.1 Å². The van der Waals surface area contributed by atoms with Crippen LogP contribution in [-0.2, 0) is 0 Å². The summed E-state index contributed by atoms with van der Waals surface area (Å²) in [7, 11) is 0. The highest BCUT2D eigenvalue weighted by Crippen LogP contribution is 2.24. The Hall–Kier alpha value is -3.18. The fraction of sp³-hybridized carbons (Fsp3) is 0. The molecule has 0 atom stereocenters. The Morgan fingerprint density at radius 1 is 0.462 bits per heavy atom. The van der Waals surface area contributed by atoms with Crippen LogP contribution in [0.2, 0.25) is 0 Å². The minimum absolute atomic E-state index is 0.476. The summed E-state index contributed by atoms with van der Waals surface area (Å²) < 4.78 is 101. The molecule has 136 valence electrons. The minimum atomic E-state index is -1.85. The Balaban J connectivity index is 0.000000151. The Kier molecular flexibility index (Phi) is 4.26. The number of H-pyrrole nitrogens is 2. The molecule has 26 heavy (non-hydrogen) atoms. The van der Waals surface area contributed by atoms with Crippen molar-refractivity contribution in [2.75, 3.05) is 0 Å². The SMILES string of the molecule is Fc1c(F)c(F)c2[nH]cnc2c1F.Fc1c(F)c(F)c2[nH]cnc2c1F. The first-order chi connectivity index (χ1) is 12.3. The van der Waals surface area contributed by atoms with Crippen molar-refractivity contribution in [1.29, 1.82) is 0 Å². The van der Waals surface area contributed by atoms with Gasteiger partial charge in [0.1, 0.15) is 22.1 Å². The molecule has 0 aliphatic heterocycles. The molecule has 2 heterocycles. The summed E-state index contributed by atoms with van der Waals surface area (Å²) in [5, 5.41) is 0. The van der Waals surface area contributed by atoms with Crippen LogP contribution in [-0.4, -0.2) is 19.9 Å². The number of rotatable bonds is 0. The second-order valence-corrected chi connectivity index (χ2v) is 4.76. The molecule has 0 radical (unpaired) electrons. The monoisotopic (exact) mass is 380 g/mol. The number of hydrogen-bond acceptors (Lipinski definition) is 2. The van der Waals surface area contributed by atoms with Gasteiger partial charge < -0.3 is 9.97 Å². The summed E-state index contributed by atoms with van der Waals surface area (Å²) in [6.07, 6.45) is 1.91. The molecule has 2 aromatic heterocycles. The van der Waals surface area contributed by atoms with Gasteiger partial charge in [0.25, 0.3) is 0 Å². The van der Waals surface area contributed by atoms with Crippen LogP contribution in [0.15, 0.2) is 12.7 Å². The molecular formula is C14H4F8N4. The lowest BCUT2D eigenvalue weighted by Crippen LogP contribution is -1.97. The molecule has 0 unspecified atom stereocenters. The van der Waals surface area contributed by atoms with Gasteiger partial charge in [-0.15, -0.1) is 0 Å². The summed E-state index contributed by atoms with van der Waals surface area (Å²) in [6.45, 7) is 0. The minimum Gasteiger partial charge on any atom is -0.342 e. The number of imidazole rings is 2. The van der Waals surface area contributed by atoms with Crippen LogP contribution in [0.1, 0.15) is 0 Å². The first-order valence-electron chi connectivity index (χ1n) is 6.55. The van der Waals surface area contributed by atoms with Crippen LogP contribution < -0.4 is 0 Å². The van der Waals surface area contributed by atoms with Crippen LogP contribution in [0.3, 0.4) is 0 Å². The predicted octanol–water partition coefficient (Wildman–Crippen LogP) is 4.24. The second-order valence-electron chi connectivity index (χ2n) is 4.76. The van der Waals surface area contributed by atoms with E-state index in [2.05, 4.69) is 19.9 Å². The number of aromatic nitrogens is 4. The first kappa shape index (κ1) is 17.6. The van der Waals surface area contributed by atoms with Gasteiger partial charge >= 0.3 is 0 Å². The quantitative estimate of drug-likeness (QED) is 0.272. The molecule has 0 aliphatic carbocycles. The van der Waals surface area contributed by atoms with Gasteiger partial charge in [-0.2, -0.15) is 0 Å². The fourth-order valence-corrected chi connectivity index (χ4v) is 2.07. The van der Waals surface area contributed by atoms with E-state index in [9.17, 15) is 35.1 Å². The summed E-state index contributed by atoms with van der Waals surface area (Å²) in [6, 6.07) is 0. The fourth-order valence-electron chi connectivity index (χ4n) is 2.07. The highest BCUT2D eigenvalue weighted by Gasteiger charge is 2.22. The van der Waals surface area contributed by atoms with Crippen molar-refractivity contribution in [1.82, 2.24) is 19.9 Å². The molecular weight excluding hydrogens is 376 g/mol. The molecule has 0 amide bonds. The average Bonchev–Trinajstić information content (AvgIpc) is 3.31. The zero-order valence-corrected chi connectivity index (χ0v) is 12.1. The Morgan fingerprint density at radius 3 is 1.12 bits per heavy atom. The average molecular weight is 380 g/mol. The van der Waals surface area contributed by atoms with Crippen molar-refractivity contribution in [2.24, 2.45) is 0 Å². The predicted molar refractivity (Wildman–Crippen MR) is 71.9 cm³/mol. The largest absolute Gasteiger partial charge is 0.342 e. The van der Waals surface area contributed by atoms with Gasteiger partial charge in [0.2, 0.25) is 0 Å². The summed E-state index contributed by atoms with van der Waals surface area (Å²) in [5.74, 6) is -13.3. The lowest BCUT2D eigenvalue weighted by atomic mass is 10.2. The number of benzene rings is 2. The normalized spacial score (nSPS) is 11.1. The highest BCUT2D eigenvalue weighted by molar-refractivity contribution is 5.76. The maximum Gasteiger partial charge on any atom is 0.199 e. The molecule has 0 saturated heterocycles. The molecule has 0 fully saturated rings. The van der Waals surface area contributed by atoms with Crippen LogP contribution in [0.5, 0.6) is 0 Å². The molecule has 2 N–H and O–H groups in total. The van der Waals surface area contributed by atoms with E-state index in [4.69, 9.17) is 0 Å². The summed E-state index contributed by atoms with van der Waals surface area (Å²) >= 11 is 0. The lowest BCUT2D eigenvalue weighted by molar-refractivity contribution is 0.417. The van der Waals surface area contributed by atoms with E-state index in [1.165, 1.54) is 0 Å². The van der Waals surface area contributed by atoms with Gasteiger partial charge in [-0.3, -0.25) is 0 Å². The Labute approximate surface area is 137 Å². The third kappa shape index (κ3) is 2.53. The highest BCUT2D eigenvalue weighted by atomic mass is 19.2. The maximum atomic E-state index is 12.8. The second kappa shape index (κ2) is 6.28. The number of halogens is 8. The van der Waals surface area contributed by atoms with Crippen molar-refractivity contribution >= 4 is 22.1 Å².